The number of carbonyl (C=O) groups excluding carboxylic acids is 2. The zero-order valence-corrected chi connectivity index (χ0v) is 16.7. The molecule has 27 heavy (non-hydrogen) atoms. The van der Waals surface area contributed by atoms with Crippen LogP contribution in [0, 0.1) is 29.1 Å². The molecule has 1 saturated heterocycles. The molecule has 0 radical (unpaired) electrons. The van der Waals surface area contributed by atoms with Crippen LogP contribution in [0.4, 0.5) is 0 Å². The van der Waals surface area contributed by atoms with Gasteiger partial charge in [0.25, 0.3) is 5.91 Å². The van der Waals surface area contributed by atoms with Gasteiger partial charge in [0.05, 0.1) is 6.61 Å². The highest BCUT2D eigenvalue weighted by atomic mass is 16.3. The van der Waals surface area contributed by atoms with E-state index in [4.69, 9.17) is 0 Å². The number of hydrogen-bond acceptors (Lipinski definition) is 4. The van der Waals surface area contributed by atoms with E-state index < -0.39 is 29.8 Å². The minimum atomic E-state index is -0.903. The fraction of sp³-hybridized carbons (Fsp3) is 0.636. The fourth-order valence-electron chi connectivity index (χ4n) is 5.35. The lowest BCUT2D eigenvalue weighted by molar-refractivity contribution is -0.126. The molecule has 0 aromatic heterocycles. The molecule has 2 aliphatic carbocycles. The van der Waals surface area contributed by atoms with Crippen LogP contribution in [0.1, 0.15) is 40.0 Å². The minimum absolute atomic E-state index is 0.0799. The van der Waals surface area contributed by atoms with Gasteiger partial charge in [0.2, 0.25) is 0 Å². The molecule has 0 aromatic carbocycles. The van der Waals surface area contributed by atoms with Crippen LogP contribution in [0.15, 0.2) is 35.6 Å². The number of carbonyl (C=O) groups is 2. The average molecular weight is 373 g/mol. The molecule has 1 aliphatic heterocycles. The summed E-state index contributed by atoms with van der Waals surface area (Å²) >= 11 is 0. The molecule has 1 saturated carbocycles. The second-order valence-corrected chi connectivity index (χ2v) is 8.61. The van der Waals surface area contributed by atoms with Crippen molar-refractivity contribution in [1.82, 2.24) is 4.90 Å². The molecule has 1 amide bonds. The van der Waals surface area contributed by atoms with Gasteiger partial charge in [0, 0.05) is 18.4 Å². The van der Waals surface area contributed by atoms with Crippen LogP contribution in [0.25, 0.3) is 0 Å². The van der Waals surface area contributed by atoms with Crippen molar-refractivity contribution >= 4 is 11.7 Å². The van der Waals surface area contributed by atoms with Crippen molar-refractivity contribution in [2.45, 2.75) is 46.1 Å². The SMILES string of the molecule is CC=CC1C=CC2CC(C)CCC2C1(C)/C(O)=C1\C(=O)C(CO)N(C)C1=O. The summed E-state index contributed by atoms with van der Waals surface area (Å²) in [5, 5.41) is 20.9. The first-order chi connectivity index (χ1) is 12.8. The largest absolute Gasteiger partial charge is 0.511 e. The van der Waals surface area contributed by atoms with Gasteiger partial charge in [-0.05, 0) is 37.5 Å². The Kier molecular flexibility index (Phi) is 5.35. The number of hydrogen-bond donors (Lipinski definition) is 2. The zero-order chi connectivity index (χ0) is 19.9. The maximum Gasteiger partial charge on any atom is 0.261 e. The second kappa shape index (κ2) is 7.27. The molecule has 3 rings (SSSR count). The molecule has 0 bridgehead atoms. The lowest BCUT2D eigenvalue weighted by atomic mass is 9.54. The normalized spacial score (nSPS) is 41.4. The van der Waals surface area contributed by atoms with Gasteiger partial charge in [-0.2, -0.15) is 0 Å². The van der Waals surface area contributed by atoms with Crippen molar-refractivity contribution in [2.75, 3.05) is 13.7 Å². The molecular formula is C22H31NO4. The Bertz CT molecular complexity index is 722. The number of allylic oxidation sites excluding steroid dienone is 5. The number of fused-ring (bicyclic) bond motifs is 1. The van der Waals surface area contributed by atoms with E-state index in [1.807, 2.05) is 26.0 Å². The Morgan fingerprint density at radius 1 is 1.33 bits per heavy atom. The van der Waals surface area contributed by atoms with Crippen LogP contribution in [0.3, 0.4) is 0 Å². The zero-order valence-electron chi connectivity index (χ0n) is 16.7. The summed E-state index contributed by atoms with van der Waals surface area (Å²) in [5.74, 6) is -0.00752. The first kappa shape index (κ1) is 19.9. The number of amides is 1. The van der Waals surface area contributed by atoms with Crippen LogP contribution < -0.4 is 0 Å². The van der Waals surface area contributed by atoms with Gasteiger partial charge < -0.3 is 15.1 Å². The monoisotopic (exact) mass is 373 g/mol. The van der Waals surface area contributed by atoms with Crippen LogP contribution in [-0.2, 0) is 9.59 Å². The maximum atomic E-state index is 12.8. The topological polar surface area (TPSA) is 77.8 Å². The summed E-state index contributed by atoms with van der Waals surface area (Å²) in [6, 6.07) is -0.903. The average Bonchev–Trinajstić information content (AvgIpc) is 2.85. The number of aliphatic hydroxyl groups excluding tert-OH is 2. The summed E-state index contributed by atoms with van der Waals surface area (Å²) in [6.45, 7) is 5.75. The van der Waals surface area contributed by atoms with Crippen molar-refractivity contribution in [3.8, 4) is 0 Å². The molecule has 6 atom stereocenters. The van der Waals surface area contributed by atoms with Crippen molar-refractivity contribution in [1.29, 1.82) is 0 Å². The smallest absolute Gasteiger partial charge is 0.261 e. The van der Waals surface area contributed by atoms with Crippen molar-refractivity contribution in [3.05, 3.63) is 35.6 Å². The van der Waals surface area contributed by atoms with E-state index in [9.17, 15) is 19.8 Å². The van der Waals surface area contributed by atoms with E-state index >= 15 is 0 Å². The van der Waals surface area contributed by atoms with Crippen LogP contribution in [0.2, 0.25) is 0 Å². The Morgan fingerprint density at radius 3 is 2.63 bits per heavy atom. The lowest BCUT2D eigenvalue weighted by Crippen LogP contribution is -2.45. The van der Waals surface area contributed by atoms with Gasteiger partial charge >= 0.3 is 0 Å². The third-order valence-electron chi connectivity index (χ3n) is 7.06. The van der Waals surface area contributed by atoms with Gasteiger partial charge in [-0.25, -0.2) is 0 Å². The lowest BCUT2D eigenvalue weighted by Gasteiger charge is -2.50. The van der Waals surface area contributed by atoms with E-state index in [1.165, 1.54) is 11.9 Å². The molecule has 3 aliphatic rings. The number of nitrogens with zero attached hydrogens (tertiary/aromatic N) is 1. The molecular weight excluding hydrogens is 342 g/mol. The molecule has 2 N–H and O–H groups in total. The quantitative estimate of drug-likeness (QED) is 0.345. The molecule has 1 heterocycles. The van der Waals surface area contributed by atoms with Gasteiger partial charge in [0.15, 0.2) is 5.78 Å². The summed E-state index contributed by atoms with van der Waals surface area (Å²) in [5.41, 5.74) is -0.848. The van der Waals surface area contributed by atoms with Crippen LogP contribution in [0.5, 0.6) is 0 Å². The van der Waals surface area contributed by atoms with Crippen LogP contribution in [-0.4, -0.2) is 46.5 Å². The van der Waals surface area contributed by atoms with Gasteiger partial charge in [0.1, 0.15) is 17.4 Å². The second-order valence-electron chi connectivity index (χ2n) is 8.61. The highest BCUT2D eigenvalue weighted by Crippen LogP contribution is 2.56. The van der Waals surface area contributed by atoms with Gasteiger partial charge in [-0.15, -0.1) is 0 Å². The summed E-state index contributed by atoms with van der Waals surface area (Å²) in [4.78, 5) is 26.7. The van der Waals surface area contributed by atoms with E-state index in [1.54, 1.807) is 0 Å². The number of aliphatic hydroxyl groups is 2. The van der Waals surface area contributed by atoms with Crippen LogP contribution >= 0.6 is 0 Å². The molecule has 5 heteroatoms. The summed E-state index contributed by atoms with van der Waals surface area (Å²) in [7, 11) is 1.50. The number of Topliss-reactive ketones (excluding diaryl/α,β-unsaturated/α-hetero) is 1. The van der Waals surface area contributed by atoms with Gasteiger partial charge in [-0.3, -0.25) is 9.59 Å². The highest BCUT2D eigenvalue weighted by Gasteiger charge is 2.53. The first-order valence-corrected chi connectivity index (χ1v) is 9.94. The molecule has 148 valence electrons. The maximum absolute atomic E-state index is 12.8. The Labute approximate surface area is 161 Å². The van der Waals surface area contributed by atoms with E-state index in [0.29, 0.717) is 11.8 Å². The Balaban J connectivity index is 2.14. The summed E-state index contributed by atoms with van der Waals surface area (Å²) < 4.78 is 0. The first-order valence-electron chi connectivity index (χ1n) is 9.94. The highest BCUT2D eigenvalue weighted by molar-refractivity contribution is 6.26. The molecule has 6 unspecified atom stereocenters. The third kappa shape index (κ3) is 2.96. The molecule has 0 spiro atoms. The molecule has 2 fully saturated rings. The summed E-state index contributed by atoms with van der Waals surface area (Å²) in [6.07, 6.45) is 11.5. The predicted molar refractivity (Wildman–Crippen MR) is 104 cm³/mol. The van der Waals surface area contributed by atoms with Gasteiger partial charge in [-0.1, -0.05) is 44.6 Å². The predicted octanol–water partition coefficient (Wildman–Crippen LogP) is 3.02. The fourth-order valence-corrected chi connectivity index (χ4v) is 5.35. The standard InChI is InChI=1S/C22H31NO4/c1-5-6-15-9-8-14-11-13(2)7-10-16(14)22(15,3)20(26)18-19(25)17(12-24)23(4)21(18)27/h5-6,8-9,13-17,24,26H,7,10-12H2,1-4H3/b6-5?,20-18-. The molecule has 5 nitrogen and oxygen atoms in total. The van der Waals surface area contributed by atoms with Crippen molar-refractivity contribution < 1.29 is 19.8 Å². The number of rotatable bonds is 3. The third-order valence-corrected chi connectivity index (χ3v) is 7.06. The van der Waals surface area contributed by atoms with Crippen molar-refractivity contribution in [2.24, 2.45) is 29.1 Å². The van der Waals surface area contributed by atoms with E-state index in [0.717, 1.165) is 19.3 Å². The van der Waals surface area contributed by atoms with E-state index in [2.05, 4.69) is 19.1 Å². The Morgan fingerprint density at radius 2 is 2.04 bits per heavy atom. The number of likely N-dealkylation sites (N-methyl/N-ethyl adjacent to an activating group) is 1. The number of likely N-dealkylation sites (tertiary alicyclic amines) is 1. The van der Waals surface area contributed by atoms with E-state index in [-0.39, 0.29) is 23.2 Å². The number of ketones is 1. The van der Waals surface area contributed by atoms with Crippen molar-refractivity contribution in [3.63, 3.8) is 0 Å². The molecule has 0 aromatic rings. The Hall–Kier alpha value is -1.88. The minimum Gasteiger partial charge on any atom is -0.511 e.